The van der Waals surface area contributed by atoms with Crippen LogP contribution in [-0.2, 0) is 16.1 Å². The highest BCUT2D eigenvalue weighted by Gasteiger charge is 2.35. The summed E-state index contributed by atoms with van der Waals surface area (Å²) in [7, 11) is 0. The summed E-state index contributed by atoms with van der Waals surface area (Å²) < 4.78 is 46.5. The Bertz CT molecular complexity index is 556. The zero-order valence-corrected chi connectivity index (χ0v) is 14.8. The summed E-state index contributed by atoms with van der Waals surface area (Å²) in [5.41, 5.74) is 5.36. The topological polar surface area (TPSA) is 86.5 Å². The molecule has 1 saturated heterocycles. The monoisotopic (exact) mass is 405 g/mol. The third kappa shape index (κ3) is 7.23. The molecule has 0 unspecified atom stereocenters. The molecule has 1 aromatic heterocycles. The van der Waals surface area contributed by atoms with E-state index in [9.17, 15) is 18.0 Å². The highest BCUT2D eigenvalue weighted by molar-refractivity contribution is 5.86. The zero-order valence-electron chi connectivity index (χ0n) is 13.2. The second kappa shape index (κ2) is 10.0. The number of nitrogens with zero attached hydrogens (tertiary/aromatic N) is 1. The normalized spacial score (nSPS) is 16.2. The average Bonchev–Trinajstić information content (AvgIpc) is 2.51. The smallest absolute Gasteiger partial charge is 0.422 e. The number of alkyl halides is 3. The number of carbonyl (C=O) groups is 1. The van der Waals surface area contributed by atoms with Crippen LogP contribution in [0.15, 0.2) is 18.3 Å². The first kappa shape index (κ1) is 23.7. The number of halogens is 5. The number of amides is 1. The minimum atomic E-state index is -4.46. The van der Waals surface area contributed by atoms with Gasteiger partial charge in [0.15, 0.2) is 6.61 Å². The molecule has 11 heteroatoms. The number of hydrogen-bond acceptors (Lipinski definition) is 5. The van der Waals surface area contributed by atoms with Gasteiger partial charge in [0.25, 0.3) is 0 Å². The van der Waals surface area contributed by atoms with E-state index < -0.39 is 18.3 Å². The molecular formula is C14H20Cl2F3N3O3. The van der Waals surface area contributed by atoms with E-state index in [1.54, 1.807) is 6.07 Å². The van der Waals surface area contributed by atoms with Gasteiger partial charge in [0.2, 0.25) is 11.8 Å². The zero-order chi connectivity index (χ0) is 16.9. The number of hydrogen-bond donors (Lipinski definition) is 2. The molecule has 2 rings (SSSR count). The van der Waals surface area contributed by atoms with E-state index in [4.69, 9.17) is 10.5 Å². The Kier molecular flexibility index (Phi) is 9.49. The number of carbonyl (C=O) groups excluding carboxylic acids is 1. The standard InChI is InChI=1S/C14H18F3N3O3.2ClH/c15-14(16,17)9-23-11-10(2-1-5-19-11)8-20-12(21)13(18)3-6-22-7-4-13;;/h1-2,5H,3-4,6-9,18H2,(H,20,21);2*1H. The Morgan fingerprint density at radius 2 is 2.00 bits per heavy atom. The molecule has 0 saturated carbocycles. The first-order valence-electron chi connectivity index (χ1n) is 7.08. The van der Waals surface area contributed by atoms with Crippen LogP contribution in [0.3, 0.4) is 0 Å². The summed E-state index contributed by atoms with van der Waals surface area (Å²) in [6.07, 6.45) is -2.35. The third-order valence-corrected chi connectivity index (χ3v) is 3.50. The summed E-state index contributed by atoms with van der Waals surface area (Å²) in [5, 5.41) is 2.63. The van der Waals surface area contributed by atoms with Gasteiger partial charge in [-0.2, -0.15) is 13.2 Å². The van der Waals surface area contributed by atoms with Crippen molar-refractivity contribution < 1.29 is 27.4 Å². The molecule has 0 spiro atoms. The predicted octanol–water partition coefficient (Wildman–Crippen LogP) is 1.99. The number of aromatic nitrogens is 1. The summed E-state index contributed by atoms with van der Waals surface area (Å²) in [5.74, 6) is -0.533. The fourth-order valence-corrected chi connectivity index (χ4v) is 2.15. The van der Waals surface area contributed by atoms with Crippen molar-refractivity contribution in [2.45, 2.75) is 31.1 Å². The Morgan fingerprint density at radius 3 is 2.60 bits per heavy atom. The lowest BCUT2D eigenvalue weighted by atomic mass is 9.90. The molecule has 0 bridgehead atoms. The molecule has 0 radical (unpaired) electrons. The second-order valence-electron chi connectivity index (χ2n) is 5.32. The Balaban J connectivity index is 0.00000288. The molecule has 1 aromatic rings. The van der Waals surface area contributed by atoms with Crippen LogP contribution in [0.1, 0.15) is 18.4 Å². The fourth-order valence-electron chi connectivity index (χ4n) is 2.15. The highest BCUT2D eigenvalue weighted by atomic mass is 35.5. The molecule has 1 amide bonds. The predicted molar refractivity (Wildman–Crippen MR) is 89.1 cm³/mol. The molecule has 1 aliphatic heterocycles. The van der Waals surface area contributed by atoms with Crippen molar-refractivity contribution in [3.63, 3.8) is 0 Å². The maximum absolute atomic E-state index is 12.2. The maximum atomic E-state index is 12.2. The molecule has 3 N–H and O–H groups in total. The average molecular weight is 406 g/mol. The molecule has 1 fully saturated rings. The van der Waals surface area contributed by atoms with Crippen LogP contribution in [0.25, 0.3) is 0 Å². The minimum absolute atomic E-state index is 0. The van der Waals surface area contributed by atoms with Gasteiger partial charge in [0, 0.05) is 31.5 Å². The largest absolute Gasteiger partial charge is 0.468 e. The van der Waals surface area contributed by atoms with Crippen LogP contribution >= 0.6 is 24.8 Å². The Morgan fingerprint density at radius 1 is 1.36 bits per heavy atom. The van der Waals surface area contributed by atoms with Crippen LogP contribution in [0.5, 0.6) is 5.88 Å². The van der Waals surface area contributed by atoms with E-state index in [1.807, 2.05) is 0 Å². The molecule has 2 heterocycles. The van der Waals surface area contributed by atoms with Crippen molar-refractivity contribution in [1.29, 1.82) is 0 Å². The molecule has 0 aromatic carbocycles. The minimum Gasteiger partial charge on any atom is -0.468 e. The summed E-state index contributed by atoms with van der Waals surface area (Å²) >= 11 is 0. The fraction of sp³-hybridized carbons (Fsp3) is 0.571. The van der Waals surface area contributed by atoms with E-state index in [0.717, 1.165) is 0 Å². The lowest BCUT2D eigenvalue weighted by Gasteiger charge is -2.31. The van der Waals surface area contributed by atoms with Crippen LogP contribution in [0.2, 0.25) is 0 Å². The van der Waals surface area contributed by atoms with Crippen molar-refractivity contribution in [2.24, 2.45) is 5.73 Å². The summed E-state index contributed by atoms with van der Waals surface area (Å²) in [4.78, 5) is 16.0. The molecule has 1 aliphatic rings. The van der Waals surface area contributed by atoms with Crippen molar-refractivity contribution in [1.82, 2.24) is 10.3 Å². The van der Waals surface area contributed by atoms with Gasteiger partial charge >= 0.3 is 6.18 Å². The van der Waals surface area contributed by atoms with Crippen LogP contribution in [0, 0.1) is 0 Å². The van der Waals surface area contributed by atoms with E-state index >= 15 is 0 Å². The van der Waals surface area contributed by atoms with E-state index in [1.165, 1.54) is 12.3 Å². The first-order chi connectivity index (χ1) is 10.8. The van der Waals surface area contributed by atoms with Crippen molar-refractivity contribution in [2.75, 3.05) is 19.8 Å². The van der Waals surface area contributed by atoms with Gasteiger partial charge in [-0.25, -0.2) is 4.98 Å². The molecule has 6 nitrogen and oxygen atoms in total. The van der Waals surface area contributed by atoms with Gasteiger partial charge < -0.3 is 20.5 Å². The molecule has 25 heavy (non-hydrogen) atoms. The van der Waals surface area contributed by atoms with Gasteiger partial charge in [-0.05, 0) is 18.9 Å². The number of pyridine rings is 1. The van der Waals surface area contributed by atoms with Crippen LogP contribution < -0.4 is 15.8 Å². The molecular weight excluding hydrogens is 386 g/mol. The van der Waals surface area contributed by atoms with E-state index in [-0.39, 0.29) is 43.1 Å². The van der Waals surface area contributed by atoms with Gasteiger partial charge in [0.1, 0.15) is 0 Å². The second-order valence-corrected chi connectivity index (χ2v) is 5.32. The van der Waals surface area contributed by atoms with E-state index in [2.05, 4.69) is 15.0 Å². The van der Waals surface area contributed by atoms with Crippen molar-refractivity contribution in [3.05, 3.63) is 23.9 Å². The van der Waals surface area contributed by atoms with Crippen molar-refractivity contribution in [3.8, 4) is 5.88 Å². The molecule has 0 aliphatic carbocycles. The lowest BCUT2D eigenvalue weighted by molar-refractivity contribution is -0.154. The van der Waals surface area contributed by atoms with Crippen LogP contribution in [-0.4, -0.2) is 42.4 Å². The van der Waals surface area contributed by atoms with E-state index in [0.29, 0.717) is 31.6 Å². The molecule has 144 valence electrons. The molecule has 0 atom stereocenters. The SMILES string of the molecule is Cl.Cl.NC1(C(=O)NCc2cccnc2OCC(F)(F)F)CCOCC1. The van der Waals surface area contributed by atoms with Gasteiger partial charge in [0.05, 0.1) is 5.54 Å². The number of ether oxygens (including phenoxy) is 2. The highest BCUT2D eigenvalue weighted by Crippen LogP contribution is 2.21. The van der Waals surface area contributed by atoms with Gasteiger partial charge in [-0.1, -0.05) is 6.07 Å². The lowest BCUT2D eigenvalue weighted by Crippen LogP contribution is -2.56. The van der Waals surface area contributed by atoms with Crippen LogP contribution in [0.4, 0.5) is 13.2 Å². The summed E-state index contributed by atoms with van der Waals surface area (Å²) in [6.45, 7) is -0.656. The maximum Gasteiger partial charge on any atom is 0.422 e. The number of nitrogens with one attached hydrogen (secondary N) is 1. The van der Waals surface area contributed by atoms with Gasteiger partial charge in [-0.15, -0.1) is 24.8 Å². The Hall–Kier alpha value is -1.29. The summed E-state index contributed by atoms with van der Waals surface area (Å²) in [6, 6.07) is 3.08. The van der Waals surface area contributed by atoms with Gasteiger partial charge in [-0.3, -0.25) is 4.79 Å². The van der Waals surface area contributed by atoms with Crippen molar-refractivity contribution >= 4 is 30.7 Å². The third-order valence-electron chi connectivity index (χ3n) is 3.50. The Labute approximate surface area is 155 Å². The quantitative estimate of drug-likeness (QED) is 0.781. The number of rotatable bonds is 5. The number of nitrogens with two attached hydrogens (primary N) is 1. The first-order valence-corrected chi connectivity index (χ1v) is 7.08.